The second-order valence-electron chi connectivity index (χ2n) is 3.71. The highest BCUT2D eigenvalue weighted by atomic mass is 32.2. The summed E-state index contributed by atoms with van der Waals surface area (Å²) in [5, 5.41) is 5.50. The van der Waals surface area contributed by atoms with Gasteiger partial charge < -0.3 is 10.6 Å². The number of nitrogens with one attached hydrogen (secondary N) is 2. The first-order valence-corrected chi connectivity index (χ1v) is 7.22. The van der Waals surface area contributed by atoms with E-state index in [0.29, 0.717) is 5.56 Å². The fourth-order valence-corrected chi connectivity index (χ4v) is 1.71. The SMILES string of the molecule is CNc1ccc(C(=O)NCCS(C)(=O)=O)cc1. The van der Waals surface area contributed by atoms with Gasteiger partial charge in [-0.25, -0.2) is 8.42 Å². The number of rotatable bonds is 5. The van der Waals surface area contributed by atoms with Crippen molar-refractivity contribution in [3.63, 3.8) is 0 Å². The van der Waals surface area contributed by atoms with Crippen LogP contribution in [0.5, 0.6) is 0 Å². The van der Waals surface area contributed by atoms with Gasteiger partial charge in [0.2, 0.25) is 0 Å². The van der Waals surface area contributed by atoms with Crippen molar-refractivity contribution in [3.8, 4) is 0 Å². The van der Waals surface area contributed by atoms with Gasteiger partial charge in [-0.15, -0.1) is 0 Å². The Hall–Kier alpha value is -1.56. The summed E-state index contributed by atoms with van der Waals surface area (Å²) >= 11 is 0. The van der Waals surface area contributed by atoms with Crippen LogP contribution in [-0.4, -0.2) is 39.9 Å². The van der Waals surface area contributed by atoms with Gasteiger partial charge in [0.05, 0.1) is 5.75 Å². The summed E-state index contributed by atoms with van der Waals surface area (Å²) < 4.78 is 21.7. The normalized spacial score (nSPS) is 10.9. The number of hydrogen-bond acceptors (Lipinski definition) is 4. The van der Waals surface area contributed by atoms with Crippen molar-refractivity contribution in [1.82, 2.24) is 5.32 Å². The average molecular weight is 256 g/mol. The third-order valence-electron chi connectivity index (χ3n) is 2.19. The molecule has 6 heteroatoms. The summed E-state index contributed by atoms with van der Waals surface area (Å²) in [6.07, 6.45) is 1.14. The molecule has 0 aromatic heterocycles. The van der Waals surface area contributed by atoms with Crippen LogP contribution in [0.3, 0.4) is 0 Å². The number of benzene rings is 1. The van der Waals surface area contributed by atoms with Crippen molar-refractivity contribution in [3.05, 3.63) is 29.8 Å². The second kappa shape index (κ2) is 5.67. The Morgan fingerprint density at radius 2 is 1.82 bits per heavy atom. The standard InChI is InChI=1S/C11H16N2O3S/c1-12-10-5-3-9(4-6-10)11(14)13-7-8-17(2,15)16/h3-6,12H,7-8H2,1-2H3,(H,13,14). The molecule has 1 rings (SSSR count). The Labute approximate surface area is 101 Å². The maximum atomic E-state index is 11.6. The maximum absolute atomic E-state index is 11.6. The summed E-state index contributed by atoms with van der Waals surface area (Å²) in [4.78, 5) is 11.6. The summed E-state index contributed by atoms with van der Waals surface area (Å²) in [6, 6.07) is 6.93. The fraction of sp³-hybridized carbons (Fsp3) is 0.364. The molecule has 0 fully saturated rings. The lowest BCUT2D eigenvalue weighted by molar-refractivity contribution is 0.0956. The van der Waals surface area contributed by atoms with Gasteiger partial charge in [-0.05, 0) is 24.3 Å². The zero-order valence-electron chi connectivity index (χ0n) is 9.86. The van der Waals surface area contributed by atoms with Crippen molar-refractivity contribution in [2.45, 2.75) is 0 Å². The minimum absolute atomic E-state index is 0.0483. The molecule has 1 aromatic rings. The third-order valence-corrected chi connectivity index (χ3v) is 3.14. The van der Waals surface area contributed by atoms with Crippen LogP contribution in [0.2, 0.25) is 0 Å². The monoisotopic (exact) mass is 256 g/mol. The molecule has 5 nitrogen and oxygen atoms in total. The van der Waals surface area contributed by atoms with Gasteiger partial charge in [0.1, 0.15) is 9.84 Å². The Morgan fingerprint density at radius 1 is 1.24 bits per heavy atom. The molecule has 17 heavy (non-hydrogen) atoms. The van der Waals surface area contributed by atoms with E-state index in [1.807, 2.05) is 0 Å². The predicted molar refractivity (Wildman–Crippen MR) is 68.0 cm³/mol. The number of carbonyl (C=O) groups is 1. The number of carbonyl (C=O) groups excluding carboxylic acids is 1. The zero-order chi connectivity index (χ0) is 12.9. The first-order chi connectivity index (χ1) is 7.92. The number of amides is 1. The van der Waals surface area contributed by atoms with Crippen LogP contribution in [0.25, 0.3) is 0 Å². The molecule has 1 amide bonds. The van der Waals surface area contributed by atoms with Crippen LogP contribution in [0.4, 0.5) is 5.69 Å². The Kier molecular flexibility index (Phi) is 4.51. The molecular formula is C11H16N2O3S. The van der Waals surface area contributed by atoms with Gasteiger partial charge >= 0.3 is 0 Å². The number of sulfone groups is 1. The van der Waals surface area contributed by atoms with Crippen LogP contribution in [-0.2, 0) is 9.84 Å². The van der Waals surface area contributed by atoms with E-state index in [1.165, 1.54) is 0 Å². The molecule has 0 aliphatic carbocycles. The van der Waals surface area contributed by atoms with Crippen molar-refractivity contribution in [1.29, 1.82) is 0 Å². The quantitative estimate of drug-likeness (QED) is 0.804. The van der Waals surface area contributed by atoms with E-state index in [0.717, 1.165) is 11.9 Å². The summed E-state index contributed by atoms with van der Waals surface area (Å²) in [7, 11) is -1.24. The minimum Gasteiger partial charge on any atom is -0.388 e. The fourth-order valence-electron chi connectivity index (χ4n) is 1.24. The first kappa shape index (κ1) is 13.5. The Bertz CT molecular complexity index is 480. The molecule has 94 valence electrons. The van der Waals surface area contributed by atoms with Crippen LogP contribution in [0.1, 0.15) is 10.4 Å². The van der Waals surface area contributed by atoms with Crippen LogP contribution in [0.15, 0.2) is 24.3 Å². The molecule has 0 saturated heterocycles. The smallest absolute Gasteiger partial charge is 0.251 e. The molecule has 1 aromatic carbocycles. The van der Waals surface area contributed by atoms with Crippen LogP contribution < -0.4 is 10.6 Å². The van der Waals surface area contributed by atoms with Gasteiger partial charge in [0, 0.05) is 31.1 Å². The Morgan fingerprint density at radius 3 is 2.29 bits per heavy atom. The molecule has 0 atom stereocenters. The van der Waals surface area contributed by atoms with E-state index in [2.05, 4.69) is 10.6 Å². The molecule has 0 radical (unpaired) electrons. The lowest BCUT2D eigenvalue weighted by atomic mass is 10.2. The average Bonchev–Trinajstić information content (AvgIpc) is 2.27. The molecule has 0 aliphatic rings. The minimum atomic E-state index is -3.04. The van der Waals surface area contributed by atoms with E-state index >= 15 is 0 Å². The molecule has 2 N–H and O–H groups in total. The highest BCUT2D eigenvalue weighted by Gasteiger charge is 2.06. The number of hydrogen-bond donors (Lipinski definition) is 2. The predicted octanol–water partition coefficient (Wildman–Crippen LogP) is 0.503. The summed E-state index contributed by atoms with van der Waals surface area (Å²) in [5.41, 5.74) is 1.43. The topological polar surface area (TPSA) is 75.3 Å². The third kappa shape index (κ3) is 4.86. The molecule has 0 bridgehead atoms. The van der Waals surface area contributed by atoms with E-state index in [-0.39, 0.29) is 18.2 Å². The molecule has 0 aliphatic heterocycles. The van der Waals surface area contributed by atoms with E-state index < -0.39 is 9.84 Å². The second-order valence-corrected chi connectivity index (χ2v) is 5.97. The summed E-state index contributed by atoms with van der Waals surface area (Å²) in [6.45, 7) is 0.130. The zero-order valence-corrected chi connectivity index (χ0v) is 10.7. The maximum Gasteiger partial charge on any atom is 0.251 e. The van der Waals surface area contributed by atoms with Crippen LogP contribution in [0, 0.1) is 0 Å². The van der Waals surface area contributed by atoms with Gasteiger partial charge in [-0.2, -0.15) is 0 Å². The molecule has 0 saturated carbocycles. The van der Waals surface area contributed by atoms with Crippen molar-refractivity contribution in [2.75, 3.05) is 30.9 Å². The molecule has 0 heterocycles. The van der Waals surface area contributed by atoms with E-state index in [9.17, 15) is 13.2 Å². The van der Waals surface area contributed by atoms with Gasteiger partial charge in [-0.1, -0.05) is 0 Å². The highest BCUT2D eigenvalue weighted by Crippen LogP contribution is 2.08. The summed E-state index contributed by atoms with van der Waals surface area (Å²) in [5.74, 6) is -0.316. The van der Waals surface area contributed by atoms with Crippen LogP contribution >= 0.6 is 0 Å². The highest BCUT2D eigenvalue weighted by molar-refractivity contribution is 7.90. The van der Waals surface area contributed by atoms with E-state index in [4.69, 9.17) is 0 Å². The lowest BCUT2D eigenvalue weighted by Gasteiger charge is -2.05. The molecule has 0 spiro atoms. The van der Waals surface area contributed by atoms with Crippen molar-refractivity contribution >= 4 is 21.4 Å². The van der Waals surface area contributed by atoms with Gasteiger partial charge in [0.15, 0.2) is 0 Å². The van der Waals surface area contributed by atoms with Crippen molar-refractivity contribution in [2.24, 2.45) is 0 Å². The molecular weight excluding hydrogens is 240 g/mol. The van der Waals surface area contributed by atoms with Crippen molar-refractivity contribution < 1.29 is 13.2 Å². The Balaban J connectivity index is 2.52. The molecule has 0 unspecified atom stereocenters. The lowest BCUT2D eigenvalue weighted by Crippen LogP contribution is -2.28. The van der Waals surface area contributed by atoms with Gasteiger partial charge in [0.25, 0.3) is 5.91 Å². The number of anilines is 1. The van der Waals surface area contributed by atoms with Gasteiger partial charge in [-0.3, -0.25) is 4.79 Å². The first-order valence-electron chi connectivity index (χ1n) is 5.16. The van der Waals surface area contributed by atoms with E-state index in [1.54, 1.807) is 31.3 Å². The largest absolute Gasteiger partial charge is 0.388 e.